The highest BCUT2D eigenvalue weighted by Crippen LogP contribution is 2.33. The Morgan fingerprint density at radius 1 is 0.545 bits per heavy atom. The maximum absolute atomic E-state index is 3.94. The second-order valence-corrected chi connectivity index (χ2v) is 5.43. The van der Waals surface area contributed by atoms with Gasteiger partial charge in [-0.15, -0.1) is 26.3 Å². The Labute approximate surface area is 134 Å². The fourth-order valence-corrected chi connectivity index (χ4v) is 3.24. The van der Waals surface area contributed by atoms with Gasteiger partial charge in [-0.3, -0.25) is 0 Å². The molecule has 0 N–H and O–H groups in total. The summed E-state index contributed by atoms with van der Waals surface area (Å²) in [7, 11) is 0. The van der Waals surface area contributed by atoms with Crippen LogP contribution in [0.1, 0.15) is 22.3 Å². The zero-order chi connectivity index (χ0) is 15.9. The van der Waals surface area contributed by atoms with Crippen LogP contribution in [0.2, 0.25) is 0 Å². The Bertz CT molecular complexity index is 654. The minimum absolute atomic E-state index is 0.876. The third-order valence-electron chi connectivity index (χ3n) is 4.06. The van der Waals surface area contributed by atoms with Gasteiger partial charge in [-0.1, -0.05) is 48.6 Å². The minimum Gasteiger partial charge on any atom is -0.103 e. The van der Waals surface area contributed by atoms with Crippen molar-refractivity contribution in [1.82, 2.24) is 0 Å². The summed E-state index contributed by atoms with van der Waals surface area (Å²) in [6, 6.07) is 8.64. The Hall–Kier alpha value is -2.34. The van der Waals surface area contributed by atoms with Crippen LogP contribution < -0.4 is 0 Å². The van der Waals surface area contributed by atoms with Crippen LogP contribution in [0.15, 0.2) is 74.9 Å². The van der Waals surface area contributed by atoms with Gasteiger partial charge in [-0.25, -0.2) is 0 Å². The summed E-state index contributed by atoms with van der Waals surface area (Å²) in [5, 5.41) is 2.65. The second-order valence-electron chi connectivity index (χ2n) is 5.43. The molecule has 0 fully saturated rings. The van der Waals surface area contributed by atoms with Gasteiger partial charge < -0.3 is 0 Å². The normalized spacial score (nSPS) is 10.4. The molecule has 22 heavy (non-hydrogen) atoms. The summed E-state index contributed by atoms with van der Waals surface area (Å²) >= 11 is 0. The Balaban J connectivity index is 2.93. The third kappa shape index (κ3) is 2.96. The van der Waals surface area contributed by atoms with Crippen molar-refractivity contribution in [3.63, 3.8) is 0 Å². The molecule has 0 saturated carbocycles. The molecule has 0 amide bonds. The maximum atomic E-state index is 3.94. The molecule has 0 spiro atoms. The lowest BCUT2D eigenvalue weighted by atomic mass is 9.84. The van der Waals surface area contributed by atoms with Crippen molar-refractivity contribution in [2.75, 3.05) is 0 Å². The summed E-state index contributed by atoms with van der Waals surface area (Å²) in [6.07, 6.45) is 11.5. The molecular formula is C22H24. The van der Waals surface area contributed by atoms with Crippen molar-refractivity contribution in [1.29, 1.82) is 0 Å². The molecule has 0 unspecified atom stereocenters. The van der Waals surface area contributed by atoms with Crippen LogP contribution in [0.4, 0.5) is 0 Å². The van der Waals surface area contributed by atoms with Gasteiger partial charge in [0.2, 0.25) is 0 Å². The SMILES string of the molecule is C=CCc1c(CC=C)c(CC=C)c2ccccc2c1CC=C. The molecule has 0 radical (unpaired) electrons. The summed E-state index contributed by atoms with van der Waals surface area (Å²) in [5.41, 5.74) is 5.50. The van der Waals surface area contributed by atoms with E-state index in [1.807, 2.05) is 24.3 Å². The van der Waals surface area contributed by atoms with Gasteiger partial charge >= 0.3 is 0 Å². The van der Waals surface area contributed by atoms with Crippen LogP contribution in [0.3, 0.4) is 0 Å². The van der Waals surface area contributed by atoms with Crippen LogP contribution in [0, 0.1) is 0 Å². The second kappa shape index (κ2) is 7.61. The lowest BCUT2D eigenvalue weighted by Gasteiger charge is -2.20. The van der Waals surface area contributed by atoms with Crippen LogP contribution in [0.25, 0.3) is 10.8 Å². The predicted molar refractivity (Wildman–Crippen MR) is 99.6 cm³/mol. The Kier molecular flexibility index (Phi) is 5.55. The van der Waals surface area contributed by atoms with Crippen molar-refractivity contribution in [3.8, 4) is 0 Å². The van der Waals surface area contributed by atoms with E-state index in [9.17, 15) is 0 Å². The van der Waals surface area contributed by atoms with Gasteiger partial charge in [-0.2, -0.15) is 0 Å². The molecule has 0 atom stereocenters. The van der Waals surface area contributed by atoms with Crippen molar-refractivity contribution >= 4 is 10.8 Å². The van der Waals surface area contributed by atoms with Gasteiger partial charge in [0, 0.05) is 0 Å². The molecule has 0 saturated heterocycles. The van der Waals surface area contributed by atoms with Crippen molar-refractivity contribution in [2.45, 2.75) is 25.7 Å². The predicted octanol–water partition coefficient (Wildman–Crippen LogP) is 5.75. The average molecular weight is 288 g/mol. The highest BCUT2D eigenvalue weighted by Gasteiger charge is 2.16. The summed E-state index contributed by atoms with van der Waals surface area (Å²) < 4.78 is 0. The minimum atomic E-state index is 0.876. The summed E-state index contributed by atoms with van der Waals surface area (Å²) in [6.45, 7) is 15.8. The molecule has 2 rings (SSSR count). The quantitative estimate of drug-likeness (QED) is 0.542. The summed E-state index contributed by atoms with van der Waals surface area (Å²) in [4.78, 5) is 0. The standard InChI is InChI=1S/C22H24/c1-5-11-17-18(12-6-2)20(14-8-4)22-16-10-9-15-21(22)19(17)13-7-3/h5-10,15-16H,1-4,11-14H2. The first kappa shape index (κ1) is 16.0. The van der Waals surface area contributed by atoms with E-state index in [2.05, 4.69) is 50.6 Å². The molecule has 0 aliphatic carbocycles. The number of rotatable bonds is 8. The van der Waals surface area contributed by atoms with E-state index in [1.165, 1.54) is 33.0 Å². The number of allylic oxidation sites excluding steroid dienone is 4. The van der Waals surface area contributed by atoms with Gasteiger partial charge in [0.1, 0.15) is 0 Å². The van der Waals surface area contributed by atoms with E-state index in [4.69, 9.17) is 0 Å². The summed E-state index contributed by atoms with van der Waals surface area (Å²) in [5.74, 6) is 0. The molecule has 0 aliphatic rings. The van der Waals surface area contributed by atoms with E-state index in [1.54, 1.807) is 0 Å². The van der Waals surface area contributed by atoms with E-state index in [0.717, 1.165) is 25.7 Å². The van der Waals surface area contributed by atoms with Crippen LogP contribution in [-0.2, 0) is 25.7 Å². The number of fused-ring (bicyclic) bond motifs is 1. The molecule has 0 aliphatic heterocycles. The molecular weight excluding hydrogens is 264 g/mol. The van der Waals surface area contributed by atoms with Gasteiger partial charge in [-0.05, 0) is 58.7 Å². The van der Waals surface area contributed by atoms with Gasteiger partial charge in [0.05, 0.1) is 0 Å². The molecule has 112 valence electrons. The van der Waals surface area contributed by atoms with Gasteiger partial charge in [0.15, 0.2) is 0 Å². The average Bonchev–Trinajstić information content (AvgIpc) is 2.54. The Morgan fingerprint density at radius 2 is 0.864 bits per heavy atom. The fraction of sp³-hybridized carbons (Fsp3) is 0.182. The van der Waals surface area contributed by atoms with E-state index in [0.29, 0.717) is 0 Å². The zero-order valence-electron chi connectivity index (χ0n) is 13.3. The molecule has 2 aromatic rings. The highest BCUT2D eigenvalue weighted by molar-refractivity contribution is 5.91. The molecule has 0 nitrogen and oxygen atoms in total. The lowest BCUT2D eigenvalue weighted by molar-refractivity contribution is 1.07. The van der Waals surface area contributed by atoms with Crippen molar-refractivity contribution in [3.05, 3.63) is 97.1 Å². The third-order valence-corrected chi connectivity index (χ3v) is 4.06. The number of hydrogen-bond acceptors (Lipinski definition) is 0. The van der Waals surface area contributed by atoms with E-state index < -0.39 is 0 Å². The molecule has 0 aromatic heterocycles. The molecule has 0 bridgehead atoms. The first-order valence-corrected chi connectivity index (χ1v) is 7.76. The van der Waals surface area contributed by atoms with Crippen LogP contribution in [-0.4, -0.2) is 0 Å². The maximum Gasteiger partial charge on any atom is -0.00910 e. The number of hydrogen-bond donors (Lipinski definition) is 0. The van der Waals surface area contributed by atoms with Crippen LogP contribution in [0.5, 0.6) is 0 Å². The van der Waals surface area contributed by atoms with Crippen LogP contribution >= 0.6 is 0 Å². The lowest BCUT2D eigenvalue weighted by Crippen LogP contribution is -2.05. The largest absolute Gasteiger partial charge is 0.103 e. The number of benzene rings is 2. The smallest absolute Gasteiger partial charge is 0.00910 e. The first-order valence-electron chi connectivity index (χ1n) is 7.76. The molecule has 2 aromatic carbocycles. The monoisotopic (exact) mass is 288 g/mol. The van der Waals surface area contributed by atoms with Gasteiger partial charge in [0.25, 0.3) is 0 Å². The van der Waals surface area contributed by atoms with E-state index in [-0.39, 0.29) is 0 Å². The first-order chi connectivity index (χ1) is 10.8. The van der Waals surface area contributed by atoms with Crippen molar-refractivity contribution in [2.24, 2.45) is 0 Å². The van der Waals surface area contributed by atoms with E-state index >= 15 is 0 Å². The molecule has 0 heterocycles. The highest BCUT2D eigenvalue weighted by atomic mass is 14.2. The Morgan fingerprint density at radius 3 is 1.18 bits per heavy atom. The van der Waals surface area contributed by atoms with Crippen molar-refractivity contribution < 1.29 is 0 Å². The molecule has 0 heteroatoms. The topological polar surface area (TPSA) is 0 Å². The fourth-order valence-electron chi connectivity index (χ4n) is 3.24. The zero-order valence-corrected chi connectivity index (χ0v) is 13.3.